The van der Waals surface area contributed by atoms with Gasteiger partial charge in [-0.2, -0.15) is 0 Å². The summed E-state index contributed by atoms with van der Waals surface area (Å²) in [4.78, 5) is 24.2. The van der Waals surface area contributed by atoms with Crippen LogP contribution < -0.4 is 4.74 Å². The molecule has 144 valence electrons. The van der Waals surface area contributed by atoms with Gasteiger partial charge in [0.15, 0.2) is 0 Å². The number of ketones is 1. The fourth-order valence-corrected chi connectivity index (χ4v) is 2.79. The van der Waals surface area contributed by atoms with Crippen LogP contribution in [0.2, 0.25) is 0 Å². The quantitative estimate of drug-likeness (QED) is 0.376. The highest BCUT2D eigenvalue weighted by molar-refractivity contribution is 9.10. The van der Waals surface area contributed by atoms with E-state index in [4.69, 9.17) is 9.47 Å². The van der Waals surface area contributed by atoms with Gasteiger partial charge in [0, 0.05) is 12.7 Å². The van der Waals surface area contributed by atoms with Gasteiger partial charge in [0.1, 0.15) is 17.2 Å². The molecule has 1 fully saturated rings. The first-order chi connectivity index (χ1) is 12.6. The molecule has 0 aliphatic heterocycles. The number of carbonyl (C=O) groups excluding carboxylic acids is 2. The summed E-state index contributed by atoms with van der Waals surface area (Å²) < 4.78 is 27.2. The third-order valence-electron chi connectivity index (χ3n) is 3.81. The summed E-state index contributed by atoms with van der Waals surface area (Å²) in [7, 11) is 0. The Morgan fingerprint density at radius 1 is 1.33 bits per heavy atom. The molecule has 0 N–H and O–H groups in total. The molecule has 1 aromatic carbocycles. The maximum atomic E-state index is 14.1. The Hall–Kier alpha value is -2.22. The van der Waals surface area contributed by atoms with Gasteiger partial charge in [-0.15, -0.1) is 5.10 Å². The van der Waals surface area contributed by atoms with E-state index < -0.39 is 28.7 Å². The first-order valence-corrected chi connectivity index (χ1v) is 9.40. The number of hydrogen-bond acceptors (Lipinski definition) is 5. The Balaban J connectivity index is 1.78. The highest BCUT2D eigenvalue weighted by atomic mass is 79.9. The average molecular weight is 439 g/mol. The van der Waals surface area contributed by atoms with Crippen molar-refractivity contribution in [2.24, 2.45) is 5.92 Å². The van der Waals surface area contributed by atoms with E-state index >= 15 is 0 Å². The molecule has 0 atom stereocenters. The first kappa shape index (κ1) is 19.5. The molecule has 1 saturated carbocycles. The van der Waals surface area contributed by atoms with Gasteiger partial charge in [-0.1, -0.05) is 0 Å². The van der Waals surface area contributed by atoms with Crippen LogP contribution >= 0.6 is 15.9 Å². The minimum Gasteiger partial charge on any atom is -0.454 e. The molecular weight excluding hydrogens is 419 g/mol. The molecule has 6 nitrogen and oxygen atoms in total. The van der Waals surface area contributed by atoms with Gasteiger partial charge in [-0.25, -0.2) is 9.18 Å². The number of benzene rings is 1. The van der Waals surface area contributed by atoms with E-state index in [2.05, 4.69) is 21.0 Å². The molecule has 3 rings (SSSR count). The van der Waals surface area contributed by atoms with Gasteiger partial charge in [0.05, 0.1) is 10.0 Å². The zero-order valence-corrected chi connectivity index (χ0v) is 16.9. The van der Waals surface area contributed by atoms with Crippen molar-refractivity contribution in [1.82, 2.24) is 9.78 Å². The monoisotopic (exact) mass is 438 g/mol. The Bertz CT molecular complexity index is 884. The van der Waals surface area contributed by atoms with E-state index in [1.54, 1.807) is 25.5 Å². The van der Waals surface area contributed by atoms with Crippen LogP contribution in [-0.2, 0) is 16.1 Å². The molecule has 0 unspecified atom stereocenters. The molecule has 0 amide bonds. The molecule has 27 heavy (non-hydrogen) atoms. The number of Topliss-reactive ketones (excluding diaryl/α,β-unsaturated/α-hetero) is 1. The van der Waals surface area contributed by atoms with Crippen molar-refractivity contribution in [3.8, 4) is 11.6 Å². The minimum atomic E-state index is -1.12. The van der Waals surface area contributed by atoms with Crippen molar-refractivity contribution in [2.45, 2.75) is 45.8 Å². The predicted octanol–water partition coefficient (Wildman–Crippen LogP) is 4.51. The van der Waals surface area contributed by atoms with E-state index in [9.17, 15) is 14.0 Å². The second-order valence-electron chi connectivity index (χ2n) is 7.52. The van der Waals surface area contributed by atoms with E-state index in [1.165, 1.54) is 25.0 Å². The number of rotatable bonds is 6. The smallest absolute Gasteiger partial charge is 0.380 e. The normalized spacial score (nSPS) is 14.1. The van der Waals surface area contributed by atoms with Crippen molar-refractivity contribution in [3.63, 3.8) is 0 Å². The standard InChI is InChI=1S/C19H20BrFN2O4/c1-19(2,3)27-18(25)16(24)13-8-12(6-7-15(13)21)26-17-14(20)10-23(22-17)9-11-4-5-11/h6-8,10-11H,4-5,9H2,1-3H3. The van der Waals surface area contributed by atoms with E-state index in [0.29, 0.717) is 16.3 Å². The fourth-order valence-electron chi connectivity index (χ4n) is 2.39. The zero-order chi connectivity index (χ0) is 19.8. The van der Waals surface area contributed by atoms with Crippen LogP contribution in [0.15, 0.2) is 28.9 Å². The summed E-state index contributed by atoms with van der Waals surface area (Å²) >= 11 is 3.38. The largest absolute Gasteiger partial charge is 0.454 e. The zero-order valence-electron chi connectivity index (χ0n) is 15.3. The summed E-state index contributed by atoms with van der Waals surface area (Å²) in [5, 5.41) is 4.34. The molecule has 1 aliphatic carbocycles. The van der Waals surface area contributed by atoms with Crippen LogP contribution in [-0.4, -0.2) is 27.1 Å². The van der Waals surface area contributed by atoms with Gasteiger partial charge in [0.2, 0.25) is 0 Å². The summed E-state index contributed by atoms with van der Waals surface area (Å²) in [6, 6.07) is 3.61. The van der Waals surface area contributed by atoms with Gasteiger partial charge < -0.3 is 9.47 Å². The number of esters is 1. The third kappa shape index (κ3) is 5.15. The van der Waals surface area contributed by atoms with E-state index in [-0.39, 0.29) is 5.75 Å². The SMILES string of the molecule is CC(C)(C)OC(=O)C(=O)c1cc(Oc2nn(CC3CC3)cc2Br)ccc1F. The minimum absolute atomic E-state index is 0.195. The second-order valence-corrected chi connectivity index (χ2v) is 8.38. The maximum Gasteiger partial charge on any atom is 0.380 e. The summed E-state index contributed by atoms with van der Waals surface area (Å²) in [5.41, 5.74) is -1.26. The number of carbonyl (C=O) groups is 2. The third-order valence-corrected chi connectivity index (χ3v) is 4.35. The van der Waals surface area contributed by atoms with Crippen LogP contribution in [0.25, 0.3) is 0 Å². The lowest BCUT2D eigenvalue weighted by molar-refractivity contribution is -0.148. The molecule has 1 aromatic heterocycles. The van der Waals surface area contributed by atoms with Gasteiger partial charge in [-0.3, -0.25) is 9.48 Å². The van der Waals surface area contributed by atoms with E-state index in [0.717, 1.165) is 12.6 Å². The lowest BCUT2D eigenvalue weighted by Gasteiger charge is -2.18. The summed E-state index contributed by atoms with van der Waals surface area (Å²) in [6.45, 7) is 5.70. The summed E-state index contributed by atoms with van der Waals surface area (Å²) in [5.74, 6) is -1.86. The number of hydrogen-bond donors (Lipinski definition) is 0. The molecular formula is C19H20BrFN2O4. The van der Waals surface area contributed by atoms with Crippen LogP contribution in [0, 0.1) is 11.7 Å². The number of aromatic nitrogens is 2. The van der Waals surface area contributed by atoms with Crippen molar-refractivity contribution >= 4 is 27.7 Å². The average Bonchev–Trinajstić information content (AvgIpc) is 3.30. The lowest BCUT2D eigenvalue weighted by atomic mass is 10.1. The number of ether oxygens (including phenoxy) is 2. The molecule has 1 heterocycles. The molecule has 0 saturated heterocycles. The lowest BCUT2D eigenvalue weighted by Crippen LogP contribution is -2.29. The van der Waals surface area contributed by atoms with Crippen LogP contribution in [0.1, 0.15) is 44.0 Å². The van der Waals surface area contributed by atoms with Crippen LogP contribution in [0.4, 0.5) is 4.39 Å². The number of halogens is 2. The molecule has 1 aliphatic rings. The highest BCUT2D eigenvalue weighted by Gasteiger charge is 2.27. The Morgan fingerprint density at radius 2 is 2.04 bits per heavy atom. The number of nitrogens with zero attached hydrogens (tertiary/aromatic N) is 2. The molecule has 8 heteroatoms. The fraction of sp³-hybridized carbons (Fsp3) is 0.421. The van der Waals surface area contributed by atoms with Crippen molar-refractivity contribution in [1.29, 1.82) is 0 Å². The van der Waals surface area contributed by atoms with E-state index in [1.807, 2.05) is 6.20 Å². The highest BCUT2D eigenvalue weighted by Crippen LogP contribution is 2.33. The van der Waals surface area contributed by atoms with Crippen molar-refractivity contribution < 1.29 is 23.5 Å². The first-order valence-electron chi connectivity index (χ1n) is 8.60. The molecule has 0 bridgehead atoms. The van der Waals surface area contributed by atoms with Crippen molar-refractivity contribution in [3.05, 3.63) is 40.2 Å². The Labute approximate surface area is 164 Å². The van der Waals surface area contributed by atoms with Gasteiger partial charge in [-0.05, 0) is 73.7 Å². The molecule has 0 radical (unpaired) electrons. The Morgan fingerprint density at radius 3 is 2.67 bits per heavy atom. The maximum absolute atomic E-state index is 14.1. The molecule has 0 spiro atoms. The van der Waals surface area contributed by atoms with Crippen molar-refractivity contribution in [2.75, 3.05) is 0 Å². The molecule has 2 aromatic rings. The van der Waals surface area contributed by atoms with Gasteiger partial charge in [0.25, 0.3) is 11.7 Å². The Kier molecular flexibility index (Phi) is 5.37. The van der Waals surface area contributed by atoms with Gasteiger partial charge >= 0.3 is 5.97 Å². The van der Waals surface area contributed by atoms with Crippen LogP contribution in [0.5, 0.6) is 11.6 Å². The predicted molar refractivity (Wildman–Crippen MR) is 99.3 cm³/mol. The van der Waals surface area contributed by atoms with Crippen LogP contribution in [0.3, 0.4) is 0 Å². The topological polar surface area (TPSA) is 70.4 Å². The summed E-state index contributed by atoms with van der Waals surface area (Å²) in [6.07, 6.45) is 4.20. The second kappa shape index (κ2) is 7.42.